The molecule has 0 aromatic heterocycles. The molecule has 20 heavy (non-hydrogen) atoms. The van der Waals surface area contributed by atoms with E-state index in [-0.39, 0.29) is 23.2 Å². The van der Waals surface area contributed by atoms with Crippen LogP contribution in [0, 0.1) is 22.7 Å². The number of hydrogen-bond acceptors (Lipinski definition) is 3. The Balaban J connectivity index is 2.03. The molecule has 2 saturated carbocycles. The first-order valence-corrected chi connectivity index (χ1v) is 7.94. The van der Waals surface area contributed by atoms with Crippen molar-refractivity contribution in [2.45, 2.75) is 58.5 Å². The van der Waals surface area contributed by atoms with Gasteiger partial charge in [0, 0.05) is 13.0 Å². The predicted molar refractivity (Wildman–Crippen MR) is 77.1 cm³/mol. The summed E-state index contributed by atoms with van der Waals surface area (Å²) in [6.07, 6.45) is 6.73. The fraction of sp³-hybridized carbons (Fsp3) is 0.824. The molecule has 0 saturated heterocycles. The Hall–Kier alpha value is -0.670. The molecule has 3 rings (SSSR count). The molecule has 0 spiro atoms. The van der Waals surface area contributed by atoms with Crippen LogP contribution in [0.25, 0.3) is 0 Å². The van der Waals surface area contributed by atoms with Crippen LogP contribution in [-0.4, -0.2) is 28.7 Å². The van der Waals surface area contributed by atoms with Crippen LogP contribution in [0.4, 0.5) is 0 Å². The van der Waals surface area contributed by atoms with Crippen molar-refractivity contribution in [3.05, 3.63) is 11.6 Å². The van der Waals surface area contributed by atoms with Crippen LogP contribution in [0.1, 0.15) is 52.4 Å². The Kier molecular flexibility index (Phi) is 3.33. The molecule has 3 unspecified atom stereocenters. The SMILES string of the molecule is C[C@@]1(CO)CCC[C@]2(C)C3CCC(=O)C=C3C(O)CC12. The van der Waals surface area contributed by atoms with Crippen LogP contribution in [-0.2, 0) is 4.79 Å². The maximum Gasteiger partial charge on any atom is 0.155 e. The number of fused-ring (bicyclic) bond motifs is 3. The van der Waals surface area contributed by atoms with Gasteiger partial charge in [0.15, 0.2) is 5.78 Å². The first kappa shape index (κ1) is 14.3. The van der Waals surface area contributed by atoms with Crippen LogP contribution in [0.5, 0.6) is 0 Å². The minimum Gasteiger partial charge on any atom is -0.396 e. The zero-order valence-corrected chi connectivity index (χ0v) is 12.6. The Labute approximate surface area is 121 Å². The molecule has 0 bridgehead atoms. The molecule has 0 aromatic rings. The highest BCUT2D eigenvalue weighted by molar-refractivity contribution is 5.91. The summed E-state index contributed by atoms with van der Waals surface area (Å²) in [5.41, 5.74) is 1.02. The molecular weight excluding hydrogens is 252 g/mol. The number of aliphatic hydroxyl groups is 2. The monoisotopic (exact) mass is 278 g/mol. The lowest BCUT2D eigenvalue weighted by molar-refractivity contribution is -0.123. The highest BCUT2D eigenvalue weighted by atomic mass is 16.3. The van der Waals surface area contributed by atoms with Crippen molar-refractivity contribution in [2.75, 3.05) is 6.61 Å². The molecule has 2 fully saturated rings. The van der Waals surface area contributed by atoms with Crippen molar-refractivity contribution < 1.29 is 15.0 Å². The fourth-order valence-electron chi connectivity index (χ4n) is 5.39. The van der Waals surface area contributed by atoms with Crippen LogP contribution >= 0.6 is 0 Å². The molecule has 3 nitrogen and oxygen atoms in total. The Morgan fingerprint density at radius 3 is 2.80 bits per heavy atom. The lowest BCUT2D eigenvalue weighted by Gasteiger charge is -2.60. The third kappa shape index (κ3) is 1.90. The van der Waals surface area contributed by atoms with E-state index in [0.29, 0.717) is 24.7 Å². The van der Waals surface area contributed by atoms with Gasteiger partial charge >= 0.3 is 0 Å². The van der Waals surface area contributed by atoms with E-state index in [1.165, 1.54) is 0 Å². The topological polar surface area (TPSA) is 57.5 Å². The number of allylic oxidation sites excluding steroid dienone is 1. The van der Waals surface area contributed by atoms with Gasteiger partial charge in [0.05, 0.1) is 6.10 Å². The van der Waals surface area contributed by atoms with Crippen molar-refractivity contribution in [1.82, 2.24) is 0 Å². The first-order valence-electron chi connectivity index (χ1n) is 7.94. The van der Waals surface area contributed by atoms with Crippen molar-refractivity contribution in [1.29, 1.82) is 0 Å². The van der Waals surface area contributed by atoms with Crippen molar-refractivity contribution in [2.24, 2.45) is 22.7 Å². The Morgan fingerprint density at radius 2 is 2.10 bits per heavy atom. The van der Waals surface area contributed by atoms with E-state index < -0.39 is 6.10 Å². The molecule has 0 aliphatic heterocycles. The molecule has 3 aliphatic rings. The molecule has 5 atom stereocenters. The number of carbonyl (C=O) groups excluding carboxylic acids is 1. The average molecular weight is 278 g/mol. The van der Waals surface area contributed by atoms with Crippen LogP contribution in [0.2, 0.25) is 0 Å². The summed E-state index contributed by atoms with van der Waals surface area (Å²) in [4.78, 5) is 11.7. The molecule has 0 aromatic carbocycles. The van der Waals surface area contributed by atoms with Gasteiger partial charge in [-0.3, -0.25) is 4.79 Å². The van der Waals surface area contributed by atoms with Crippen LogP contribution in [0.3, 0.4) is 0 Å². The normalized spacial score (nSPS) is 48.3. The lowest BCUT2D eigenvalue weighted by atomic mass is 9.45. The molecule has 112 valence electrons. The van der Waals surface area contributed by atoms with Gasteiger partial charge in [0.25, 0.3) is 0 Å². The summed E-state index contributed by atoms with van der Waals surface area (Å²) >= 11 is 0. The first-order chi connectivity index (χ1) is 9.40. The summed E-state index contributed by atoms with van der Waals surface area (Å²) in [5.74, 6) is 0.831. The quantitative estimate of drug-likeness (QED) is 0.774. The second-order valence-electron chi connectivity index (χ2n) is 7.68. The molecule has 0 amide bonds. The maximum atomic E-state index is 11.7. The zero-order valence-electron chi connectivity index (χ0n) is 12.6. The second-order valence-corrected chi connectivity index (χ2v) is 7.68. The second kappa shape index (κ2) is 4.67. The number of carbonyl (C=O) groups is 1. The largest absolute Gasteiger partial charge is 0.396 e. The highest BCUT2D eigenvalue weighted by Gasteiger charge is 2.57. The third-order valence-corrected chi connectivity index (χ3v) is 6.51. The predicted octanol–water partition coefficient (Wildman–Crippen LogP) is 2.46. The van der Waals surface area contributed by atoms with Gasteiger partial charge in [-0.15, -0.1) is 0 Å². The maximum absolute atomic E-state index is 11.7. The Morgan fingerprint density at radius 1 is 1.35 bits per heavy atom. The van der Waals surface area contributed by atoms with E-state index in [1.54, 1.807) is 6.08 Å². The van der Waals surface area contributed by atoms with E-state index in [9.17, 15) is 15.0 Å². The minimum absolute atomic E-state index is 0.0824. The van der Waals surface area contributed by atoms with E-state index >= 15 is 0 Å². The number of ketones is 1. The van der Waals surface area contributed by atoms with E-state index in [1.807, 2.05) is 0 Å². The van der Waals surface area contributed by atoms with E-state index in [4.69, 9.17) is 0 Å². The average Bonchev–Trinajstić information content (AvgIpc) is 2.42. The van der Waals surface area contributed by atoms with E-state index in [0.717, 1.165) is 31.3 Å². The van der Waals surface area contributed by atoms with Crippen molar-refractivity contribution in [3.8, 4) is 0 Å². The molecule has 3 heteroatoms. The smallest absolute Gasteiger partial charge is 0.155 e. The molecule has 0 heterocycles. The number of aliphatic hydroxyl groups excluding tert-OH is 2. The van der Waals surface area contributed by atoms with Gasteiger partial charge in [-0.05, 0) is 60.0 Å². The van der Waals surface area contributed by atoms with Gasteiger partial charge in [-0.1, -0.05) is 20.3 Å². The minimum atomic E-state index is -0.494. The van der Waals surface area contributed by atoms with Crippen molar-refractivity contribution >= 4 is 5.78 Å². The van der Waals surface area contributed by atoms with E-state index in [2.05, 4.69) is 13.8 Å². The van der Waals surface area contributed by atoms with Gasteiger partial charge in [0.1, 0.15) is 0 Å². The number of rotatable bonds is 1. The standard InChI is InChI=1S/C17H26O3/c1-16(10-18)6-3-7-17(2)13-5-4-11(19)8-12(13)14(20)9-15(16)17/h8,13-15,18,20H,3-7,9-10H2,1-2H3/t13?,14?,15?,16-,17+/m0/s1. The van der Waals surface area contributed by atoms with Gasteiger partial charge in [-0.25, -0.2) is 0 Å². The highest BCUT2D eigenvalue weighted by Crippen LogP contribution is 2.62. The number of hydrogen-bond donors (Lipinski definition) is 2. The summed E-state index contributed by atoms with van der Waals surface area (Å²) in [6, 6.07) is 0. The summed E-state index contributed by atoms with van der Waals surface area (Å²) in [5, 5.41) is 20.4. The zero-order chi connectivity index (χ0) is 14.5. The summed E-state index contributed by atoms with van der Waals surface area (Å²) in [6.45, 7) is 4.69. The van der Waals surface area contributed by atoms with Crippen LogP contribution < -0.4 is 0 Å². The lowest BCUT2D eigenvalue weighted by Crippen LogP contribution is -2.55. The summed E-state index contributed by atoms with van der Waals surface area (Å²) < 4.78 is 0. The fourth-order valence-corrected chi connectivity index (χ4v) is 5.39. The van der Waals surface area contributed by atoms with Gasteiger partial charge < -0.3 is 10.2 Å². The van der Waals surface area contributed by atoms with Crippen molar-refractivity contribution in [3.63, 3.8) is 0 Å². The molecule has 3 aliphatic carbocycles. The van der Waals surface area contributed by atoms with Gasteiger partial charge in [-0.2, -0.15) is 0 Å². The Bertz CT molecular complexity index is 455. The van der Waals surface area contributed by atoms with Crippen LogP contribution in [0.15, 0.2) is 11.6 Å². The van der Waals surface area contributed by atoms with Gasteiger partial charge in [0.2, 0.25) is 0 Å². The molecule has 0 radical (unpaired) electrons. The summed E-state index contributed by atoms with van der Waals surface area (Å²) in [7, 11) is 0. The molecular formula is C17H26O3. The molecule has 2 N–H and O–H groups in total. The third-order valence-electron chi connectivity index (χ3n) is 6.51.